The first kappa shape index (κ1) is 16.8. The van der Waals surface area contributed by atoms with Gasteiger partial charge >= 0.3 is 5.97 Å². The zero-order chi connectivity index (χ0) is 18.0. The first-order chi connectivity index (χ1) is 12.0. The largest absolute Gasteiger partial charge is 0.490 e. The third kappa shape index (κ3) is 3.40. The smallest absolute Gasteiger partial charge is 0.337 e. The Morgan fingerprint density at radius 1 is 1.08 bits per heavy atom. The molecule has 0 saturated carbocycles. The summed E-state index contributed by atoms with van der Waals surface area (Å²) in [6.45, 7) is 3.85. The van der Waals surface area contributed by atoms with Crippen LogP contribution >= 0.6 is 0 Å². The van der Waals surface area contributed by atoms with Crippen LogP contribution in [0.1, 0.15) is 24.2 Å². The van der Waals surface area contributed by atoms with E-state index in [9.17, 15) is 9.59 Å². The Bertz CT molecular complexity index is 985. The molecular weight excluding hydrogens is 320 g/mol. The molecule has 0 amide bonds. The summed E-state index contributed by atoms with van der Waals surface area (Å²) >= 11 is 0. The number of methoxy groups -OCH3 is 1. The van der Waals surface area contributed by atoms with Crippen molar-refractivity contribution < 1.29 is 18.7 Å². The van der Waals surface area contributed by atoms with Gasteiger partial charge in [-0.2, -0.15) is 0 Å². The number of hydrogen-bond donors (Lipinski definition) is 0. The zero-order valence-corrected chi connectivity index (χ0v) is 14.2. The predicted octanol–water partition coefficient (Wildman–Crippen LogP) is 4.03. The fraction of sp³-hybridized carbons (Fsp3) is 0.200. The van der Waals surface area contributed by atoms with E-state index in [0.29, 0.717) is 33.6 Å². The third-order valence-electron chi connectivity index (χ3n) is 3.67. The first-order valence-corrected chi connectivity index (χ1v) is 7.92. The summed E-state index contributed by atoms with van der Waals surface area (Å²) < 4.78 is 16.4. The summed E-state index contributed by atoms with van der Waals surface area (Å²) in [6.07, 6.45) is -0.0146. The Labute approximate surface area is 144 Å². The predicted molar refractivity (Wildman–Crippen MR) is 95.0 cm³/mol. The minimum Gasteiger partial charge on any atom is -0.490 e. The van der Waals surface area contributed by atoms with E-state index < -0.39 is 5.97 Å². The molecule has 0 aliphatic carbocycles. The molecule has 0 aliphatic heterocycles. The van der Waals surface area contributed by atoms with Gasteiger partial charge in [-0.25, -0.2) is 4.79 Å². The van der Waals surface area contributed by atoms with Crippen LogP contribution in [0.25, 0.3) is 22.3 Å². The lowest BCUT2D eigenvalue weighted by molar-refractivity contribution is 0.0600. The van der Waals surface area contributed by atoms with Gasteiger partial charge in [-0.1, -0.05) is 12.1 Å². The maximum Gasteiger partial charge on any atom is 0.337 e. The van der Waals surface area contributed by atoms with Crippen LogP contribution in [0.5, 0.6) is 5.75 Å². The lowest BCUT2D eigenvalue weighted by atomic mass is 10.1. The van der Waals surface area contributed by atoms with Crippen LogP contribution in [0.3, 0.4) is 0 Å². The van der Waals surface area contributed by atoms with Crippen LogP contribution in [0.4, 0.5) is 0 Å². The van der Waals surface area contributed by atoms with Crippen LogP contribution < -0.4 is 10.2 Å². The van der Waals surface area contributed by atoms with Crippen molar-refractivity contribution in [2.24, 2.45) is 0 Å². The monoisotopic (exact) mass is 338 g/mol. The molecule has 25 heavy (non-hydrogen) atoms. The third-order valence-corrected chi connectivity index (χ3v) is 3.67. The van der Waals surface area contributed by atoms with Gasteiger partial charge in [0, 0.05) is 6.07 Å². The molecule has 1 aromatic heterocycles. The average Bonchev–Trinajstić information content (AvgIpc) is 2.60. The molecule has 1 heterocycles. The van der Waals surface area contributed by atoms with E-state index in [-0.39, 0.29) is 11.5 Å². The molecule has 0 aliphatic rings. The Morgan fingerprint density at radius 3 is 2.56 bits per heavy atom. The molecule has 0 N–H and O–H groups in total. The van der Waals surface area contributed by atoms with Crippen LogP contribution in [0.15, 0.2) is 57.7 Å². The van der Waals surface area contributed by atoms with Crippen molar-refractivity contribution in [3.63, 3.8) is 0 Å². The molecule has 5 nitrogen and oxygen atoms in total. The number of benzene rings is 2. The van der Waals surface area contributed by atoms with Crippen LogP contribution in [0, 0.1) is 0 Å². The Balaban J connectivity index is 2.18. The molecule has 3 rings (SSSR count). The lowest BCUT2D eigenvalue weighted by Gasteiger charge is -2.13. The van der Waals surface area contributed by atoms with E-state index in [1.165, 1.54) is 19.2 Å². The highest BCUT2D eigenvalue weighted by Gasteiger charge is 2.14. The Morgan fingerprint density at radius 2 is 1.84 bits per heavy atom. The SMILES string of the molecule is COC(=O)c1ccc2c(=O)cc(-c3ccccc3OC(C)C)oc2c1. The summed E-state index contributed by atoms with van der Waals surface area (Å²) in [6, 6.07) is 13.4. The van der Waals surface area contributed by atoms with Gasteiger partial charge < -0.3 is 13.9 Å². The minimum absolute atomic E-state index is 0.0146. The van der Waals surface area contributed by atoms with E-state index in [1.807, 2.05) is 38.1 Å². The van der Waals surface area contributed by atoms with Gasteiger partial charge in [0.2, 0.25) is 0 Å². The second-order valence-electron chi connectivity index (χ2n) is 5.84. The maximum atomic E-state index is 12.4. The van der Waals surface area contributed by atoms with Gasteiger partial charge in [0.25, 0.3) is 0 Å². The summed E-state index contributed by atoms with van der Waals surface area (Å²) in [4.78, 5) is 24.2. The topological polar surface area (TPSA) is 65.7 Å². The first-order valence-electron chi connectivity index (χ1n) is 7.92. The molecule has 0 saturated heterocycles. The van der Waals surface area contributed by atoms with Crippen molar-refractivity contribution in [2.75, 3.05) is 7.11 Å². The molecule has 2 aromatic carbocycles. The second-order valence-corrected chi connectivity index (χ2v) is 5.84. The molecule has 128 valence electrons. The van der Waals surface area contributed by atoms with Gasteiger partial charge in [-0.15, -0.1) is 0 Å². The molecule has 0 unspecified atom stereocenters. The van der Waals surface area contributed by atoms with Crippen LogP contribution in [0.2, 0.25) is 0 Å². The summed E-state index contributed by atoms with van der Waals surface area (Å²) in [5.41, 5.74) is 1.14. The highest BCUT2D eigenvalue weighted by molar-refractivity contribution is 5.94. The van der Waals surface area contributed by atoms with Crippen molar-refractivity contribution in [1.29, 1.82) is 0 Å². The summed E-state index contributed by atoms with van der Waals surface area (Å²) in [5, 5.41) is 0.402. The Kier molecular flexibility index (Phi) is 4.57. The number of fused-ring (bicyclic) bond motifs is 1. The van der Waals surface area contributed by atoms with Crippen LogP contribution in [-0.2, 0) is 4.74 Å². The van der Waals surface area contributed by atoms with E-state index in [2.05, 4.69) is 0 Å². The number of carbonyl (C=O) groups excluding carboxylic acids is 1. The van der Waals surface area contributed by atoms with Crippen LogP contribution in [-0.4, -0.2) is 19.2 Å². The molecule has 0 atom stereocenters. The van der Waals surface area contributed by atoms with Gasteiger partial charge in [0.15, 0.2) is 5.43 Å². The average molecular weight is 338 g/mol. The van der Waals surface area contributed by atoms with Crippen molar-refractivity contribution in [2.45, 2.75) is 20.0 Å². The second kappa shape index (κ2) is 6.81. The zero-order valence-electron chi connectivity index (χ0n) is 14.2. The van der Waals surface area contributed by atoms with E-state index in [4.69, 9.17) is 13.9 Å². The van der Waals surface area contributed by atoms with Gasteiger partial charge in [-0.3, -0.25) is 4.79 Å². The highest BCUT2D eigenvalue weighted by Crippen LogP contribution is 2.31. The van der Waals surface area contributed by atoms with Crippen molar-refractivity contribution in [1.82, 2.24) is 0 Å². The van der Waals surface area contributed by atoms with E-state index >= 15 is 0 Å². The quantitative estimate of drug-likeness (QED) is 0.672. The number of rotatable bonds is 4. The van der Waals surface area contributed by atoms with Crippen molar-refractivity contribution in [3.8, 4) is 17.1 Å². The molecule has 0 fully saturated rings. The molecule has 5 heteroatoms. The fourth-order valence-corrected chi connectivity index (χ4v) is 2.56. The highest BCUT2D eigenvalue weighted by atomic mass is 16.5. The van der Waals surface area contributed by atoms with Crippen molar-refractivity contribution >= 4 is 16.9 Å². The number of hydrogen-bond acceptors (Lipinski definition) is 5. The minimum atomic E-state index is -0.488. The van der Waals surface area contributed by atoms with Gasteiger partial charge in [-0.05, 0) is 44.2 Å². The van der Waals surface area contributed by atoms with Gasteiger partial charge in [0.05, 0.1) is 29.7 Å². The summed E-state index contributed by atoms with van der Waals surface area (Å²) in [5.74, 6) is 0.526. The lowest BCUT2D eigenvalue weighted by Crippen LogP contribution is -2.07. The van der Waals surface area contributed by atoms with Crippen molar-refractivity contribution in [3.05, 3.63) is 64.3 Å². The summed E-state index contributed by atoms with van der Waals surface area (Å²) in [7, 11) is 1.30. The standard InChI is InChI=1S/C20H18O5/c1-12(2)24-17-7-5-4-6-15(17)19-11-16(21)14-9-8-13(20(22)23-3)10-18(14)25-19/h4-12H,1-3H3. The fourth-order valence-electron chi connectivity index (χ4n) is 2.56. The number of esters is 1. The Hall–Kier alpha value is -3.08. The normalized spacial score (nSPS) is 10.9. The van der Waals surface area contributed by atoms with E-state index in [0.717, 1.165) is 0 Å². The maximum absolute atomic E-state index is 12.4. The molecule has 3 aromatic rings. The number of ether oxygens (including phenoxy) is 2. The number of carbonyl (C=O) groups is 1. The molecule has 0 spiro atoms. The molecular formula is C20H18O5. The van der Waals surface area contributed by atoms with E-state index in [1.54, 1.807) is 12.1 Å². The molecule has 0 radical (unpaired) electrons. The number of para-hydroxylation sites is 1. The molecule has 0 bridgehead atoms. The van der Waals surface area contributed by atoms with Gasteiger partial charge in [0.1, 0.15) is 17.1 Å².